The van der Waals surface area contributed by atoms with Crippen molar-refractivity contribution in [3.8, 4) is 17.6 Å². The Balaban J connectivity index is 0.000000997. The molecule has 35 heavy (non-hydrogen) atoms. The van der Waals surface area contributed by atoms with E-state index in [9.17, 15) is 21.6 Å². The third kappa shape index (κ3) is 10.8. The SMILES string of the molecule is C=O.CO.Cc1ccc(Oc2ccc(C#N)cc2)c(S(=O)(=O)N2CCNCC2)c1.OCC(F)(F)F. The number of piperazine rings is 1. The predicted molar refractivity (Wildman–Crippen MR) is 122 cm³/mol. The van der Waals surface area contributed by atoms with Crippen LogP contribution in [0.25, 0.3) is 0 Å². The summed E-state index contributed by atoms with van der Waals surface area (Å²) in [4.78, 5) is 8.17. The Morgan fingerprint density at radius 1 is 1.11 bits per heavy atom. The molecule has 0 spiro atoms. The zero-order chi connectivity index (χ0) is 27.1. The molecule has 2 aromatic rings. The highest BCUT2D eigenvalue weighted by Crippen LogP contribution is 2.32. The van der Waals surface area contributed by atoms with Crippen LogP contribution in [0.15, 0.2) is 47.4 Å². The van der Waals surface area contributed by atoms with Gasteiger partial charge in [0, 0.05) is 33.3 Å². The highest BCUT2D eigenvalue weighted by Gasteiger charge is 2.29. The number of benzene rings is 2. The summed E-state index contributed by atoms with van der Waals surface area (Å²) in [7, 11) is -2.63. The summed E-state index contributed by atoms with van der Waals surface area (Å²) in [5.41, 5.74) is 1.37. The zero-order valence-electron chi connectivity index (χ0n) is 19.2. The minimum absolute atomic E-state index is 0.166. The number of carbonyl (C=O) groups is 1. The number of nitrogens with zero attached hydrogens (tertiary/aromatic N) is 2. The largest absolute Gasteiger partial charge is 0.456 e. The van der Waals surface area contributed by atoms with Crippen LogP contribution in [-0.4, -0.2) is 75.8 Å². The van der Waals surface area contributed by atoms with E-state index in [4.69, 9.17) is 25.0 Å². The second-order valence-electron chi connectivity index (χ2n) is 6.62. The van der Waals surface area contributed by atoms with Gasteiger partial charge in [-0.3, -0.25) is 0 Å². The highest BCUT2D eigenvalue weighted by molar-refractivity contribution is 7.89. The van der Waals surface area contributed by atoms with Gasteiger partial charge in [0.25, 0.3) is 0 Å². The van der Waals surface area contributed by atoms with Gasteiger partial charge in [-0.1, -0.05) is 6.07 Å². The van der Waals surface area contributed by atoms with Gasteiger partial charge in [0.2, 0.25) is 10.0 Å². The number of alkyl halides is 3. The topological polar surface area (TPSA) is 140 Å². The monoisotopic (exact) mass is 519 g/mol. The van der Waals surface area contributed by atoms with Crippen LogP contribution < -0.4 is 10.1 Å². The lowest BCUT2D eigenvalue weighted by Crippen LogP contribution is -2.46. The molecule has 0 aliphatic carbocycles. The number of ether oxygens (including phenoxy) is 1. The Kier molecular flexibility index (Phi) is 14.4. The number of sulfonamides is 1. The van der Waals surface area contributed by atoms with Crippen LogP contribution in [0, 0.1) is 18.3 Å². The fourth-order valence-corrected chi connectivity index (χ4v) is 4.29. The molecule has 0 aromatic heterocycles. The molecule has 194 valence electrons. The summed E-state index contributed by atoms with van der Waals surface area (Å²) >= 11 is 0. The Morgan fingerprint density at radius 3 is 2.09 bits per heavy atom. The second-order valence-corrected chi connectivity index (χ2v) is 8.52. The van der Waals surface area contributed by atoms with Gasteiger partial charge in [0.15, 0.2) is 0 Å². The molecule has 1 aliphatic heterocycles. The van der Waals surface area contributed by atoms with Gasteiger partial charge in [-0.25, -0.2) is 8.42 Å². The van der Waals surface area contributed by atoms with Gasteiger partial charge >= 0.3 is 6.18 Å². The molecule has 13 heteroatoms. The van der Waals surface area contributed by atoms with Crippen LogP contribution in [0.5, 0.6) is 11.5 Å². The number of hydrogen-bond donors (Lipinski definition) is 3. The van der Waals surface area contributed by atoms with Gasteiger partial charge in [-0.15, -0.1) is 0 Å². The van der Waals surface area contributed by atoms with Crippen molar-refractivity contribution in [3.63, 3.8) is 0 Å². The number of nitriles is 1. The number of halogens is 3. The van der Waals surface area contributed by atoms with Gasteiger partial charge in [-0.2, -0.15) is 22.7 Å². The maximum absolute atomic E-state index is 13.0. The molecule has 0 saturated carbocycles. The van der Waals surface area contributed by atoms with E-state index in [1.54, 1.807) is 36.4 Å². The van der Waals surface area contributed by atoms with Crippen molar-refractivity contribution < 1.29 is 41.3 Å². The van der Waals surface area contributed by atoms with Crippen molar-refractivity contribution in [2.24, 2.45) is 0 Å². The Labute approximate surface area is 202 Å². The molecule has 9 nitrogen and oxygen atoms in total. The lowest BCUT2D eigenvalue weighted by Gasteiger charge is -2.27. The molecular weight excluding hydrogens is 491 g/mol. The minimum atomic E-state index is -4.40. The van der Waals surface area contributed by atoms with Gasteiger partial charge in [0.1, 0.15) is 29.8 Å². The Bertz CT molecular complexity index is 1040. The molecule has 3 rings (SSSR count). The van der Waals surface area contributed by atoms with Gasteiger partial charge in [0.05, 0.1) is 11.6 Å². The number of rotatable bonds is 4. The summed E-state index contributed by atoms with van der Waals surface area (Å²) in [5.74, 6) is 0.772. The van der Waals surface area contributed by atoms with Crippen LogP contribution in [0.1, 0.15) is 11.1 Å². The predicted octanol–water partition coefficient (Wildman–Crippen LogP) is 2.22. The Hall–Kier alpha value is -3.02. The standard InChI is InChI=1S/C18H19N3O3S.C2H3F3O.CH4O.CH2O/c1-14-2-7-17(24-16-5-3-15(13-19)4-6-16)18(12-14)25(22,23)21-10-8-20-9-11-21;3-2(4,5)1-6;2*1-2/h2-7,12,20H,8-11H2,1H3;6H,1H2;2H,1H3;1H2. The summed E-state index contributed by atoms with van der Waals surface area (Å²) < 4.78 is 64.9. The molecule has 1 aliphatic rings. The number of aliphatic hydroxyl groups excluding tert-OH is 2. The van der Waals surface area contributed by atoms with Gasteiger partial charge in [-0.05, 0) is 48.9 Å². The highest BCUT2D eigenvalue weighted by atomic mass is 32.2. The number of nitrogens with one attached hydrogen (secondary N) is 1. The van der Waals surface area contributed by atoms with Crippen molar-refractivity contribution in [2.75, 3.05) is 39.9 Å². The summed E-state index contributed by atoms with van der Waals surface area (Å²) in [6.07, 6.45) is -4.40. The first-order chi connectivity index (χ1) is 16.6. The van der Waals surface area contributed by atoms with Crippen LogP contribution in [0.3, 0.4) is 0 Å². The quantitative estimate of drug-likeness (QED) is 0.559. The van der Waals surface area contributed by atoms with Crippen LogP contribution in [0.4, 0.5) is 13.2 Å². The van der Waals surface area contributed by atoms with E-state index in [1.807, 2.05) is 25.8 Å². The van der Waals surface area contributed by atoms with Crippen LogP contribution >= 0.6 is 0 Å². The molecule has 3 N–H and O–H groups in total. The fourth-order valence-electron chi connectivity index (χ4n) is 2.65. The summed E-state index contributed by atoms with van der Waals surface area (Å²) in [6.45, 7) is 4.27. The molecule has 1 saturated heterocycles. The number of carbonyl (C=O) groups excluding carboxylic acids is 1. The van der Waals surface area contributed by atoms with E-state index < -0.39 is 22.8 Å². The van der Waals surface area contributed by atoms with Crippen molar-refractivity contribution in [1.82, 2.24) is 9.62 Å². The molecule has 2 aromatic carbocycles. The first kappa shape index (κ1) is 32.0. The number of aliphatic hydroxyl groups is 2. The first-order valence-electron chi connectivity index (χ1n) is 9.97. The van der Waals surface area contributed by atoms with E-state index in [1.165, 1.54) is 4.31 Å². The molecule has 1 fully saturated rings. The Morgan fingerprint density at radius 2 is 1.63 bits per heavy atom. The smallest absolute Gasteiger partial charge is 0.411 e. The van der Waals surface area contributed by atoms with E-state index in [-0.39, 0.29) is 10.6 Å². The number of aryl methyl sites for hydroxylation is 1. The third-order valence-electron chi connectivity index (χ3n) is 4.18. The second kappa shape index (κ2) is 15.8. The van der Waals surface area contributed by atoms with E-state index in [2.05, 4.69) is 5.32 Å². The lowest BCUT2D eigenvalue weighted by molar-refractivity contribution is -0.159. The summed E-state index contributed by atoms with van der Waals surface area (Å²) in [6, 6.07) is 13.7. The average molecular weight is 520 g/mol. The average Bonchev–Trinajstić information content (AvgIpc) is 2.88. The first-order valence-corrected chi connectivity index (χ1v) is 11.4. The van der Waals surface area contributed by atoms with Crippen molar-refractivity contribution in [3.05, 3.63) is 53.6 Å². The fraction of sp³-hybridized carbons (Fsp3) is 0.364. The van der Waals surface area contributed by atoms with Crippen LogP contribution in [-0.2, 0) is 14.8 Å². The third-order valence-corrected chi connectivity index (χ3v) is 6.10. The van der Waals surface area contributed by atoms with Crippen molar-refractivity contribution in [1.29, 1.82) is 5.26 Å². The van der Waals surface area contributed by atoms with Gasteiger partial charge < -0.3 is 25.1 Å². The van der Waals surface area contributed by atoms with Crippen molar-refractivity contribution in [2.45, 2.75) is 18.0 Å². The maximum atomic E-state index is 13.0. The molecule has 0 unspecified atom stereocenters. The maximum Gasteiger partial charge on any atom is 0.411 e. The van der Waals surface area contributed by atoms with E-state index in [0.29, 0.717) is 37.5 Å². The molecule has 0 radical (unpaired) electrons. The van der Waals surface area contributed by atoms with E-state index >= 15 is 0 Å². The zero-order valence-corrected chi connectivity index (χ0v) is 20.1. The molecule has 0 atom stereocenters. The lowest BCUT2D eigenvalue weighted by atomic mass is 10.2. The van der Waals surface area contributed by atoms with Crippen molar-refractivity contribution >= 4 is 16.8 Å². The molecule has 0 amide bonds. The molecule has 0 bridgehead atoms. The number of hydrogen-bond acceptors (Lipinski definition) is 8. The minimum Gasteiger partial charge on any atom is -0.456 e. The summed E-state index contributed by atoms with van der Waals surface area (Å²) in [5, 5.41) is 26.3. The normalized spacial score (nSPS) is 13.4. The molecule has 1 heterocycles. The van der Waals surface area contributed by atoms with E-state index in [0.717, 1.165) is 12.7 Å². The molecular formula is C22H28F3N3O6S. The van der Waals surface area contributed by atoms with Crippen LogP contribution in [0.2, 0.25) is 0 Å².